The van der Waals surface area contributed by atoms with E-state index in [1.165, 1.54) is 12.1 Å². The monoisotopic (exact) mass is 287 g/mol. The van der Waals surface area contributed by atoms with Crippen LogP contribution in [0.15, 0.2) is 24.3 Å². The summed E-state index contributed by atoms with van der Waals surface area (Å²) >= 11 is 3.37. The van der Waals surface area contributed by atoms with Gasteiger partial charge in [0, 0.05) is 19.2 Å². The third-order valence-electron chi connectivity index (χ3n) is 1.96. The SMILES string of the molecule is COCC(Br)CNC(=O)c1ccc(O)cc1. The van der Waals surface area contributed by atoms with E-state index in [2.05, 4.69) is 21.2 Å². The maximum Gasteiger partial charge on any atom is 0.251 e. The minimum atomic E-state index is -0.166. The van der Waals surface area contributed by atoms with Gasteiger partial charge in [0.2, 0.25) is 0 Å². The lowest BCUT2D eigenvalue weighted by Gasteiger charge is -2.10. The molecule has 0 aromatic heterocycles. The number of amides is 1. The number of methoxy groups -OCH3 is 1. The van der Waals surface area contributed by atoms with Crippen molar-refractivity contribution in [2.45, 2.75) is 4.83 Å². The molecule has 2 N–H and O–H groups in total. The van der Waals surface area contributed by atoms with Gasteiger partial charge in [-0.05, 0) is 24.3 Å². The van der Waals surface area contributed by atoms with E-state index in [1.54, 1.807) is 19.2 Å². The summed E-state index contributed by atoms with van der Waals surface area (Å²) in [5.41, 5.74) is 0.523. The second kappa shape index (κ2) is 6.50. The maximum absolute atomic E-state index is 11.6. The summed E-state index contributed by atoms with van der Waals surface area (Å²) in [5, 5.41) is 11.8. The molecule has 0 spiro atoms. The molecule has 0 saturated heterocycles. The largest absolute Gasteiger partial charge is 0.508 e. The minimum Gasteiger partial charge on any atom is -0.508 e. The Kier molecular flexibility index (Phi) is 5.28. The van der Waals surface area contributed by atoms with Gasteiger partial charge in [-0.15, -0.1) is 0 Å². The highest BCUT2D eigenvalue weighted by molar-refractivity contribution is 9.09. The number of carbonyl (C=O) groups is 1. The molecule has 5 heteroatoms. The zero-order valence-corrected chi connectivity index (χ0v) is 10.5. The van der Waals surface area contributed by atoms with Gasteiger partial charge in [-0.2, -0.15) is 0 Å². The lowest BCUT2D eigenvalue weighted by Crippen LogP contribution is -2.31. The number of rotatable bonds is 5. The van der Waals surface area contributed by atoms with Crippen molar-refractivity contribution in [2.75, 3.05) is 20.3 Å². The predicted octanol–water partition coefficient (Wildman–Crippen LogP) is 1.53. The van der Waals surface area contributed by atoms with Crippen LogP contribution in [0.1, 0.15) is 10.4 Å². The van der Waals surface area contributed by atoms with Crippen molar-refractivity contribution in [3.63, 3.8) is 0 Å². The number of phenols is 1. The molecular formula is C11H14BrNO3. The molecule has 1 amide bonds. The average molecular weight is 288 g/mol. The summed E-state index contributed by atoms with van der Waals surface area (Å²) in [6.07, 6.45) is 0. The molecule has 1 rings (SSSR count). The molecule has 88 valence electrons. The van der Waals surface area contributed by atoms with Crippen LogP contribution in [0.3, 0.4) is 0 Å². The zero-order chi connectivity index (χ0) is 12.0. The van der Waals surface area contributed by atoms with E-state index in [9.17, 15) is 4.79 Å². The van der Waals surface area contributed by atoms with Gasteiger partial charge in [0.05, 0.1) is 11.4 Å². The number of hydrogen-bond acceptors (Lipinski definition) is 3. The number of alkyl halides is 1. The molecule has 0 aliphatic carbocycles. The van der Waals surface area contributed by atoms with Crippen molar-refractivity contribution in [1.82, 2.24) is 5.32 Å². The summed E-state index contributed by atoms with van der Waals surface area (Å²) in [7, 11) is 1.61. The van der Waals surface area contributed by atoms with E-state index in [0.717, 1.165) is 0 Å². The smallest absolute Gasteiger partial charge is 0.251 e. The summed E-state index contributed by atoms with van der Waals surface area (Å²) in [4.78, 5) is 11.7. The van der Waals surface area contributed by atoms with E-state index in [4.69, 9.17) is 9.84 Å². The van der Waals surface area contributed by atoms with Crippen molar-refractivity contribution in [1.29, 1.82) is 0 Å². The third kappa shape index (κ3) is 4.20. The predicted molar refractivity (Wildman–Crippen MR) is 65.0 cm³/mol. The van der Waals surface area contributed by atoms with Gasteiger partial charge in [-0.25, -0.2) is 0 Å². The summed E-state index contributed by atoms with van der Waals surface area (Å²) in [6.45, 7) is 1.03. The first-order chi connectivity index (χ1) is 7.63. The fraction of sp³-hybridized carbons (Fsp3) is 0.364. The van der Waals surface area contributed by atoms with Gasteiger partial charge in [0.1, 0.15) is 5.75 Å². The minimum absolute atomic E-state index is 0.0959. The van der Waals surface area contributed by atoms with Gasteiger partial charge in [-0.1, -0.05) is 15.9 Å². The van der Waals surface area contributed by atoms with Crippen LogP contribution in [0.25, 0.3) is 0 Å². The van der Waals surface area contributed by atoms with E-state index < -0.39 is 0 Å². The van der Waals surface area contributed by atoms with Crippen molar-refractivity contribution in [3.8, 4) is 5.75 Å². The molecule has 1 aromatic carbocycles. The van der Waals surface area contributed by atoms with Crippen LogP contribution >= 0.6 is 15.9 Å². The van der Waals surface area contributed by atoms with Crippen molar-refractivity contribution < 1.29 is 14.6 Å². The molecule has 0 aliphatic rings. The molecule has 1 aromatic rings. The molecule has 0 fully saturated rings. The lowest BCUT2D eigenvalue weighted by molar-refractivity contribution is 0.0950. The Morgan fingerprint density at radius 2 is 2.12 bits per heavy atom. The van der Waals surface area contributed by atoms with Gasteiger partial charge in [0.15, 0.2) is 0 Å². The number of carbonyl (C=O) groups excluding carboxylic acids is 1. The summed E-state index contributed by atoms with van der Waals surface area (Å²) in [6, 6.07) is 6.11. The number of halogens is 1. The Balaban J connectivity index is 2.43. The standard InChI is InChI=1S/C11H14BrNO3/c1-16-7-9(12)6-13-11(15)8-2-4-10(14)5-3-8/h2-5,9,14H,6-7H2,1H3,(H,13,15). The van der Waals surface area contributed by atoms with Crippen LogP contribution < -0.4 is 5.32 Å². The van der Waals surface area contributed by atoms with Crippen LogP contribution in [0.5, 0.6) is 5.75 Å². The van der Waals surface area contributed by atoms with Gasteiger partial charge in [-0.3, -0.25) is 4.79 Å². The highest BCUT2D eigenvalue weighted by Gasteiger charge is 2.08. The van der Waals surface area contributed by atoms with E-state index in [-0.39, 0.29) is 16.5 Å². The zero-order valence-electron chi connectivity index (χ0n) is 8.94. The summed E-state index contributed by atoms with van der Waals surface area (Å²) < 4.78 is 4.93. The summed E-state index contributed by atoms with van der Waals surface area (Å²) in [5.74, 6) is -0.0187. The maximum atomic E-state index is 11.6. The molecule has 4 nitrogen and oxygen atoms in total. The third-order valence-corrected chi connectivity index (χ3v) is 2.55. The first kappa shape index (κ1) is 13.0. The quantitative estimate of drug-likeness (QED) is 0.808. The Hall–Kier alpha value is -1.07. The van der Waals surface area contributed by atoms with Crippen LogP contribution in [-0.2, 0) is 4.74 Å². The van der Waals surface area contributed by atoms with Crippen LogP contribution in [0, 0.1) is 0 Å². The van der Waals surface area contributed by atoms with Crippen molar-refractivity contribution in [2.24, 2.45) is 0 Å². The Morgan fingerprint density at radius 1 is 1.50 bits per heavy atom. The van der Waals surface area contributed by atoms with Crippen LogP contribution in [-0.4, -0.2) is 36.1 Å². The van der Waals surface area contributed by atoms with Gasteiger partial charge < -0.3 is 15.2 Å². The molecule has 0 radical (unpaired) electrons. The Labute approximate surface area is 103 Å². The van der Waals surface area contributed by atoms with Gasteiger partial charge >= 0.3 is 0 Å². The Morgan fingerprint density at radius 3 is 2.69 bits per heavy atom. The van der Waals surface area contributed by atoms with E-state index in [1.807, 2.05) is 0 Å². The van der Waals surface area contributed by atoms with Crippen LogP contribution in [0.2, 0.25) is 0 Å². The van der Waals surface area contributed by atoms with Gasteiger partial charge in [0.25, 0.3) is 5.91 Å². The second-order valence-corrected chi connectivity index (χ2v) is 4.60. The number of benzene rings is 1. The van der Waals surface area contributed by atoms with Crippen LogP contribution in [0.4, 0.5) is 0 Å². The molecule has 0 bridgehead atoms. The number of ether oxygens (including phenoxy) is 1. The molecule has 0 aliphatic heterocycles. The normalized spacial score (nSPS) is 12.1. The average Bonchev–Trinajstić information content (AvgIpc) is 2.27. The van der Waals surface area contributed by atoms with Crippen molar-refractivity contribution in [3.05, 3.63) is 29.8 Å². The fourth-order valence-electron chi connectivity index (χ4n) is 1.16. The first-order valence-electron chi connectivity index (χ1n) is 4.83. The number of aromatic hydroxyl groups is 1. The number of hydrogen-bond donors (Lipinski definition) is 2. The number of phenolic OH excluding ortho intramolecular Hbond substituents is 1. The highest BCUT2D eigenvalue weighted by Crippen LogP contribution is 2.09. The van der Waals surface area contributed by atoms with Crippen molar-refractivity contribution >= 4 is 21.8 Å². The lowest BCUT2D eigenvalue weighted by atomic mass is 10.2. The topological polar surface area (TPSA) is 58.6 Å². The fourth-order valence-corrected chi connectivity index (χ4v) is 1.58. The van der Waals surface area contributed by atoms with E-state index >= 15 is 0 Å². The Bertz CT molecular complexity index is 340. The number of nitrogens with one attached hydrogen (secondary N) is 1. The second-order valence-electron chi connectivity index (χ2n) is 3.31. The highest BCUT2D eigenvalue weighted by atomic mass is 79.9. The molecule has 16 heavy (non-hydrogen) atoms. The molecule has 0 heterocycles. The molecule has 1 unspecified atom stereocenters. The first-order valence-corrected chi connectivity index (χ1v) is 5.75. The van der Waals surface area contributed by atoms with E-state index in [0.29, 0.717) is 18.7 Å². The molecule has 0 saturated carbocycles. The molecule has 1 atom stereocenters. The molecular weight excluding hydrogens is 274 g/mol.